The van der Waals surface area contributed by atoms with Crippen LogP contribution in [0.1, 0.15) is 5.56 Å². The van der Waals surface area contributed by atoms with Crippen LogP contribution in [0.4, 0.5) is 5.95 Å². The third-order valence-electron chi connectivity index (χ3n) is 1.28. The molecule has 0 aliphatic carbocycles. The number of rotatable bonds is 2. The fourth-order valence-corrected chi connectivity index (χ4v) is 0.745. The first-order chi connectivity index (χ1) is 5.95. The highest BCUT2D eigenvalue weighted by Gasteiger charge is 1.90. The maximum atomic E-state index is 4.85. The molecule has 2 rings (SSSR count). The van der Waals surface area contributed by atoms with E-state index in [-0.39, 0.29) is 0 Å². The van der Waals surface area contributed by atoms with Crippen molar-refractivity contribution in [2.45, 2.75) is 0 Å². The molecular formula is C7H6N4O. The van der Waals surface area contributed by atoms with Gasteiger partial charge in [0.25, 0.3) is 0 Å². The largest absolute Gasteiger partial charge is 0.472 e. The van der Waals surface area contributed by atoms with Crippen LogP contribution in [0.5, 0.6) is 0 Å². The van der Waals surface area contributed by atoms with Crippen molar-refractivity contribution in [3.8, 4) is 0 Å². The molecule has 60 valence electrons. The fourth-order valence-electron chi connectivity index (χ4n) is 0.745. The standard InChI is InChI=1S/C7H6N4O/c1-2-12-4-6(1)3-8-7-9-5-10-11-7/h1-5H,(H,9,10,11). The Morgan fingerprint density at radius 3 is 3.25 bits per heavy atom. The van der Waals surface area contributed by atoms with Crippen LogP contribution in [0, 0.1) is 0 Å². The minimum absolute atomic E-state index is 0.483. The SMILES string of the molecule is C(=Nc1ncn[nH]1)c1ccoc1. The van der Waals surface area contributed by atoms with Gasteiger partial charge in [-0.2, -0.15) is 10.1 Å². The topological polar surface area (TPSA) is 67.1 Å². The van der Waals surface area contributed by atoms with E-state index in [1.165, 1.54) is 6.33 Å². The summed E-state index contributed by atoms with van der Waals surface area (Å²) in [6.07, 6.45) is 6.23. The number of furan rings is 1. The summed E-state index contributed by atoms with van der Waals surface area (Å²) in [6.45, 7) is 0. The molecule has 0 unspecified atom stereocenters. The normalized spacial score (nSPS) is 11.0. The Bertz CT molecular complexity index is 312. The second kappa shape index (κ2) is 3.00. The van der Waals surface area contributed by atoms with Gasteiger partial charge in [-0.05, 0) is 6.07 Å². The molecule has 2 aromatic heterocycles. The van der Waals surface area contributed by atoms with E-state index in [2.05, 4.69) is 20.2 Å². The summed E-state index contributed by atoms with van der Waals surface area (Å²) in [7, 11) is 0. The zero-order chi connectivity index (χ0) is 8.23. The number of H-pyrrole nitrogens is 1. The third-order valence-corrected chi connectivity index (χ3v) is 1.28. The second-order valence-electron chi connectivity index (χ2n) is 2.12. The van der Waals surface area contributed by atoms with Crippen molar-refractivity contribution >= 4 is 12.2 Å². The van der Waals surface area contributed by atoms with E-state index in [0.29, 0.717) is 5.95 Å². The number of aliphatic imine (C=N–C) groups is 1. The van der Waals surface area contributed by atoms with Gasteiger partial charge in [-0.15, -0.1) is 0 Å². The highest BCUT2D eigenvalue weighted by Crippen LogP contribution is 2.00. The smallest absolute Gasteiger partial charge is 0.245 e. The van der Waals surface area contributed by atoms with Crippen LogP contribution in [-0.4, -0.2) is 21.4 Å². The molecule has 12 heavy (non-hydrogen) atoms. The highest BCUT2D eigenvalue weighted by atomic mass is 16.3. The fraction of sp³-hybridized carbons (Fsp3) is 0. The lowest BCUT2D eigenvalue weighted by Crippen LogP contribution is -1.74. The van der Waals surface area contributed by atoms with Crippen molar-refractivity contribution < 1.29 is 4.42 Å². The van der Waals surface area contributed by atoms with Crippen LogP contribution >= 0.6 is 0 Å². The Kier molecular flexibility index (Phi) is 1.69. The first kappa shape index (κ1) is 6.78. The quantitative estimate of drug-likeness (QED) is 0.673. The molecule has 0 amide bonds. The zero-order valence-corrected chi connectivity index (χ0v) is 6.14. The number of nitrogens with one attached hydrogen (secondary N) is 1. The predicted octanol–water partition coefficient (Wildman–Crippen LogP) is 1.15. The van der Waals surface area contributed by atoms with Crippen molar-refractivity contribution in [3.63, 3.8) is 0 Å². The Morgan fingerprint density at radius 2 is 2.58 bits per heavy atom. The molecule has 5 heteroatoms. The lowest BCUT2D eigenvalue weighted by Gasteiger charge is -1.80. The molecular weight excluding hydrogens is 156 g/mol. The monoisotopic (exact) mass is 162 g/mol. The summed E-state index contributed by atoms with van der Waals surface area (Å²) in [5.41, 5.74) is 0.895. The van der Waals surface area contributed by atoms with Crippen molar-refractivity contribution in [2.24, 2.45) is 4.99 Å². The Morgan fingerprint density at radius 1 is 1.58 bits per heavy atom. The van der Waals surface area contributed by atoms with Crippen LogP contribution in [-0.2, 0) is 0 Å². The van der Waals surface area contributed by atoms with Crippen LogP contribution < -0.4 is 0 Å². The highest BCUT2D eigenvalue weighted by molar-refractivity contribution is 5.80. The average molecular weight is 162 g/mol. The number of hydrogen-bond donors (Lipinski definition) is 1. The second-order valence-corrected chi connectivity index (χ2v) is 2.12. The van der Waals surface area contributed by atoms with Crippen molar-refractivity contribution in [1.82, 2.24) is 15.2 Å². The first-order valence-electron chi connectivity index (χ1n) is 3.37. The number of aromatic amines is 1. The molecule has 0 saturated heterocycles. The molecule has 0 radical (unpaired) electrons. The summed E-state index contributed by atoms with van der Waals surface area (Å²) in [5, 5.41) is 6.26. The molecule has 0 aliphatic heterocycles. The minimum atomic E-state index is 0.483. The first-order valence-corrected chi connectivity index (χ1v) is 3.37. The van der Waals surface area contributed by atoms with Gasteiger partial charge in [-0.25, -0.2) is 10.1 Å². The van der Waals surface area contributed by atoms with Gasteiger partial charge in [0.05, 0.1) is 12.5 Å². The number of aromatic nitrogens is 3. The lowest BCUT2D eigenvalue weighted by molar-refractivity contribution is 0.567. The van der Waals surface area contributed by atoms with Crippen LogP contribution in [0.25, 0.3) is 0 Å². The van der Waals surface area contributed by atoms with Crippen molar-refractivity contribution in [2.75, 3.05) is 0 Å². The Balaban J connectivity index is 2.14. The van der Waals surface area contributed by atoms with Gasteiger partial charge in [0.1, 0.15) is 6.33 Å². The number of nitrogens with zero attached hydrogens (tertiary/aromatic N) is 3. The summed E-state index contributed by atoms with van der Waals surface area (Å²) in [5.74, 6) is 0.483. The van der Waals surface area contributed by atoms with E-state index in [4.69, 9.17) is 4.42 Å². The maximum absolute atomic E-state index is 4.85. The molecule has 0 fully saturated rings. The zero-order valence-electron chi connectivity index (χ0n) is 6.14. The molecule has 0 atom stereocenters. The van der Waals surface area contributed by atoms with Crippen molar-refractivity contribution in [1.29, 1.82) is 0 Å². The van der Waals surface area contributed by atoms with E-state index in [9.17, 15) is 0 Å². The van der Waals surface area contributed by atoms with Gasteiger partial charge in [0.2, 0.25) is 5.95 Å². The summed E-state index contributed by atoms with van der Waals surface area (Å²) in [4.78, 5) is 7.82. The molecule has 0 aromatic carbocycles. The third kappa shape index (κ3) is 1.39. The summed E-state index contributed by atoms with van der Waals surface area (Å²) < 4.78 is 4.85. The van der Waals surface area contributed by atoms with E-state index >= 15 is 0 Å². The van der Waals surface area contributed by atoms with E-state index in [1.807, 2.05) is 0 Å². The van der Waals surface area contributed by atoms with Crippen molar-refractivity contribution in [3.05, 3.63) is 30.5 Å². The molecule has 0 aliphatic rings. The Labute approximate surface area is 68.2 Å². The summed E-state index contributed by atoms with van der Waals surface area (Å²) >= 11 is 0. The van der Waals surface area contributed by atoms with Gasteiger partial charge < -0.3 is 4.42 Å². The predicted molar refractivity (Wildman–Crippen MR) is 42.3 cm³/mol. The van der Waals surface area contributed by atoms with Crippen LogP contribution in [0.2, 0.25) is 0 Å². The van der Waals surface area contributed by atoms with Crippen LogP contribution in [0.15, 0.2) is 34.3 Å². The Hall–Kier alpha value is -1.91. The molecule has 2 aromatic rings. The van der Waals surface area contributed by atoms with Gasteiger partial charge >= 0.3 is 0 Å². The van der Waals surface area contributed by atoms with Gasteiger partial charge in [0.15, 0.2) is 0 Å². The van der Waals surface area contributed by atoms with Gasteiger partial charge in [-0.3, -0.25) is 0 Å². The molecule has 0 bridgehead atoms. The molecule has 1 N–H and O–H groups in total. The molecule has 5 nitrogen and oxygen atoms in total. The van der Waals surface area contributed by atoms with E-state index < -0.39 is 0 Å². The molecule has 0 spiro atoms. The summed E-state index contributed by atoms with van der Waals surface area (Å²) in [6, 6.07) is 1.81. The van der Waals surface area contributed by atoms with Gasteiger partial charge in [-0.1, -0.05) is 0 Å². The van der Waals surface area contributed by atoms with E-state index in [1.54, 1.807) is 24.8 Å². The number of hydrogen-bond acceptors (Lipinski definition) is 4. The molecule has 2 heterocycles. The van der Waals surface area contributed by atoms with Crippen LogP contribution in [0.3, 0.4) is 0 Å². The molecule has 0 saturated carbocycles. The maximum Gasteiger partial charge on any atom is 0.245 e. The average Bonchev–Trinajstić information content (AvgIpc) is 2.74. The lowest BCUT2D eigenvalue weighted by atomic mass is 10.4. The van der Waals surface area contributed by atoms with E-state index in [0.717, 1.165) is 5.56 Å². The van der Waals surface area contributed by atoms with Gasteiger partial charge in [0, 0.05) is 11.8 Å². The minimum Gasteiger partial charge on any atom is -0.472 e.